The van der Waals surface area contributed by atoms with Gasteiger partial charge in [0.1, 0.15) is 0 Å². The third-order valence-corrected chi connectivity index (χ3v) is 6.21. The number of sulfonamides is 1. The van der Waals surface area contributed by atoms with Gasteiger partial charge in [0.2, 0.25) is 15.9 Å². The molecule has 0 bridgehead atoms. The van der Waals surface area contributed by atoms with Gasteiger partial charge >= 0.3 is 0 Å². The first kappa shape index (κ1) is 22.2. The molecule has 0 aliphatic heterocycles. The van der Waals surface area contributed by atoms with E-state index in [2.05, 4.69) is 34.1 Å². The number of nitrogens with zero attached hydrogens (tertiary/aromatic N) is 1. The molecule has 1 aliphatic rings. The van der Waals surface area contributed by atoms with E-state index >= 15 is 0 Å². The van der Waals surface area contributed by atoms with Crippen LogP contribution in [0.4, 0.5) is 11.4 Å². The SMILES string of the molecule is CN(c1ccc(CNC(=O)Cc2ccccc2NS(C)(=O)=O)cc1)C1CCCCC1. The van der Waals surface area contributed by atoms with Crippen molar-refractivity contribution in [2.24, 2.45) is 0 Å². The fourth-order valence-corrected chi connectivity index (χ4v) is 4.54. The molecule has 162 valence electrons. The highest BCUT2D eigenvalue weighted by molar-refractivity contribution is 7.92. The van der Waals surface area contributed by atoms with Crippen LogP contribution < -0.4 is 14.9 Å². The van der Waals surface area contributed by atoms with E-state index in [4.69, 9.17) is 0 Å². The Morgan fingerprint density at radius 3 is 2.37 bits per heavy atom. The van der Waals surface area contributed by atoms with Crippen LogP contribution in [0.25, 0.3) is 0 Å². The monoisotopic (exact) mass is 429 g/mol. The minimum Gasteiger partial charge on any atom is -0.372 e. The van der Waals surface area contributed by atoms with Crippen LogP contribution in [0.2, 0.25) is 0 Å². The van der Waals surface area contributed by atoms with Gasteiger partial charge in [0, 0.05) is 25.3 Å². The molecular weight excluding hydrogens is 398 g/mol. The van der Waals surface area contributed by atoms with Gasteiger partial charge in [-0.2, -0.15) is 0 Å². The summed E-state index contributed by atoms with van der Waals surface area (Å²) in [5.41, 5.74) is 3.32. The van der Waals surface area contributed by atoms with E-state index in [0.717, 1.165) is 11.8 Å². The molecule has 0 heterocycles. The highest BCUT2D eigenvalue weighted by Gasteiger charge is 2.18. The van der Waals surface area contributed by atoms with Crippen molar-refractivity contribution in [2.75, 3.05) is 22.9 Å². The normalized spacial score (nSPS) is 14.9. The van der Waals surface area contributed by atoms with E-state index in [1.165, 1.54) is 37.8 Å². The largest absolute Gasteiger partial charge is 0.372 e. The fourth-order valence-electron chi connectivity index (χ4n) is 3.94. The maximum absolute atomic E-state index is 12.4. The Balaban J connectivity index is 1.54. The van der Waals surface area contributed by atoms with Gasteiger partial charge in [0.15, 0.2) is 0 Å². The second kappa shape index (κ2) is 9.98. The highest BCUT2D eigenvalue weighted by Crippen LogP contribution is 2.26. The molecule has 0 radical (unpaired) electrons. The van der Waals surface area contributed by atoms with Crippen molar-refractivity contribution >= 4 is 27.3 Å². The predicted molar refractivity (Wildman–Crippen MR) is 122 cm³/mol. The van der Waals surface area contributed by atoms with Crippen LogP contribution in [0, 0.1) is 0 Å². The van der Waals surface area contributed by atoms with Crippen LogP contribution in [0.3, 0.4) is 0 Å². The summed E-state index contributed by atoms with van der Waals surface area (Å²) < 4.78 is 25.5. The first-order valence-electron chi connectivity index (χ1n) is 10.5. The number of benzene rings is 2. The molecule has 1 aliphatic carbocycles. The molecule has 0 saturated heterocycles. The van der Waals surface area contributed by atoms with Crippen LogP contribution in [0.1, 0.15) is 43.2 Å². The molecule has 1 amide bonds. The second-order valence-corrected chi connectivity index (χ2v) is 9.80. The van der Waals surface area contributed by atoms with Crippen molar-refractivity contribution < 1.29 is 13.2 Å². The van der Waals surface area contributed by atoms with Gasteiger partial charge in [0.05, 0.1) is 18.4 Å². The molecule has 2 aromatic carbocycles. The van der Waals surface area contributed by atoms with E-state index in [9.17, 15) is 13.2 Å². The lowest BCUT2D eigenvalue weighted by Gasteiger charge is -2.33. The number of para-hydroxylation sites is 1. The van der Waals surface area contributed by atoms with Gasteiger partial charge in [-0.25, -0.2) is 8.42 Å². The third kappa shape index (κ3) is 6.49. The van der Waals surface area contributed by atoms with Crippen molar-refractivity contribution in [3.05, 3.63) is 59.7 Å². The first-order chi connectivity index (χ1) is 14.3. The van der Waals surface area contributed by atoms with Gasteiger partial charge in [-0.15, -0.1) is 0 Å². The number of rotatable bonds is 8. The van der Waals surface area contributed by atoms with E-state index in [0.29, 0.717) is 23.8 Å². The second-order valence-electron chi connectivity index (χ2n) is 8.05. The lowest BCUT2D eigenvalue weighted by atomic mass is 9.94. The molecule has 0 unspecified atom stereocenters. The average Bonchev–Trinajstić information content (AvgIpc) is 2.73. The maximum atomic E-state index is 12.4. The van der Waals surface area contributed by atoms with E-state index in [1.54, 1.807) is 24.3 Å². The average molecular weight is 430 g/mol. The predicted octanol–water partition coefficient (Wildman–Crippen LogP) is 3.69. The standard InChI is InChI=1S/C23H31N3O3S/c1-26(20-9-4-3-5-10-20)21-14-12-18(13-15-21)17-24-23(27)16-19-8-6-7-11-22(19)25-30(2,28)29/h6-8,11-15,20,25H,3-5,9-10,16-17H2,1-2H3,(H,24,27). The molecule has 2 N–H and O–H groups in total. The van der Waals surface area contributed by atoms with Crippen molar-refractivity contribution in [3.63, 3.8) is 0 Å². The number of hydrogen-bond donors (Lipinski definition) is 2. The first-order valence-corrected chi connectivity index (χ1v) is 12.3. The van der Waals surface area contributed by atoms with Crippen LogP contribution in [0.15, 0.2) is 48.5 Å². The van der Waals surface area contributed by atoms with Crippen molar-refractivity contribution in [1.82, 2.24) is 5.32 Å². The zero-order valence-corrected chi connectivity index (χ0v) is 18.5. The lowest BCUT2D eigenvalue weighted by molar-refractivity contribution is -0.120. The van der Waals surface area contributed by atoms with Gasteiger partial charge in [-0.1, -0.05) is 49.6 Å². The van der Waals surface area contributed by atoms with Crippen LogP contribution in [-0.4, -0.2) is 33.7 Å². The molecule has 0 aromatic heterocycles. The number of hydrogen-bond acceptors (Lipinski definition) is 4. The summed E-state index contributed by atoms with van der Waals surface area (Å²) in [5, 5.41) is 2.92. The van der Waals surface area contributed by atoms with E-state index in [-0.39, 0.29) is 12.3 Å². The summed E-state index contributed by atoms with van der Waals surface area (Å²) in [5.74, 6) is -0.152. The van der Waals surface area contributed by atoms with Crippen LogP contribution >= 0.6 is 0 Å². The summed E-state index contributed by atoms with van der Waals surface area (Å²) >= 11 is 0. The number of amides is 1. The zero-order chi connectivity index (χ0) is 21.6. The molecule has 0 spiro atoms. The van der Waals surface area contributed by atoms with Crippen molar-refractivity contribution in [3.8, 4) is 0 Å². The summed E-state index contributed by atoms with van der Waals surface area (Å²) in [4.78, 5) is 14.8. The van der Waals surface area contributed by atoms with Gasteiger partial charge in [-0.05, 0) is 42.2 Å². The summed E-state index contributed by atoms with van der Waals surface area (Å²) in [6.07, 6.45) is 7.68. The number of anilines is 2. The molecule has 3 rings (SSSR count). The van der Waals surface area contributed by atoms with Gasteiger partial charge in [0.25, 0.3) is 0 Å². The minimum atomic E-state index is -3.40. The van der Waals surface area contributed by atoms with Crippen molar-refractivity contribution in [1.29, 1.82) is 0 Å². The Kier molecular flexibility index (Phi) is 7.37. The molecule has 30 heavy (non-hydrogen) atoms. The van der Waals surface area contributed by atoms with Crippen LogP contribution in [-0.2, 0) is 27.8 Å². The fraction of sp³-hybridized carbons (Fsp3) is 0.435. The number of carbonyl (C=O) groups excluding carboxylic acids is 1. The van der Waals surface area contributed by atoms with Crippen LogP contribution in [0.5, 0.6) is 0 Å². The molecule has 6 nitrogen and oxygen atoms in total. The number of carbonyl (C=O) groups is 1. The summed E-state index contributed by atoms with van der Waals surface area (Å²) in [6, 6.07) is 15.9. The Morgan fingerprint density at radius 1 is 1.03 bits per heavy atom. The topological polar surface area (TPSA) is 78.5 Å². The molecule has 7 heteroatoms. The smallest absolute Gasteiger partial charge is 0.229 e. The highest BCUT2D eigenvalue weighted by atomic mass is 32.2. The number of nitrogens with one attached hydrogen (secondary N) is 2. The summed E-state index contributed by atoms with van der Waals surface area (Å²) in [7, 11) is -1.23. The van der Waals surface area contributed by atoms with E-state index < -0.39 is 10.0 Å². The quantitative estimate of drug-likeness (QED) is 0.671. The van der Waals surface area contributed by atoms with E-state index in [1.807, 2.05) is 12.1 Å². The Morgan fingerprint density at radius 2 is 1.70 bits per heavy atom. The van der Waals surface area contributed by atoms with Crippen molar-refractivity contribution in [2.45, 2.75) is 51.1 Å². The lowest BCUT2D eigenvalue weighted by Crippen LogP contribution is -2.33. The Bertz CT molecular complexity index is 952. The molecule has 0 atom stereocenters. The van der Waals surface area contributed by atoms with Gasteiger partial charge < -0.3 is 10.2 Å². The molecule has 1 saturated carbocycles. The Labute approximate surface area is 179 Å². The zero-order valence-electron chi connectivity index (χ0n) is 17.7. The Hall–Kier alpha value is -2.54. The molecular formula is C23H31N3O3S. The third-order valence-electron chi connectivity index (χ3n) is 5.62. The van der Waals surface area contributed by atoms with Gasteiger partial charge in [-0.3, -0.25) is 9.52 Å². The summed E-state index contributed by atoms with van der Waals surface area (Å²) in [6.45, 7) is 0.438. The molecule has 2 aromatic rings. The minimum absolute atomic E-state index is 0.112. The molecule has 1 fully saturated rings. The maximum Gasteiger partial charge on any atom is 0.229 e.